The second kappa shape index (κ2) is 6.35. The summed E-state index contributed by atoms with van der Waals surface area (Å²) in [5.41, 5.74) is -0.785. The molecule has 0 spiro atoms. The zero-order valence-electron chi connectivity index (χ0n) is 9.97. The van der Waals surface area contributed by atoms with Crippen LogP contribution in [0.25, 0.3) is 0 Å². The zero-order chi connectivity index (χ0) is 14.4. The average Bonchev–Trinajstić information content (AvgIpc) is 2.33. The molecule has 0 heterocycles. The van der Waals surface area contributed by atoms with Crippen LogP contribution in [-0.4, -0.2) is 22.6 Å². The molecular weight excluding hydrogens is 257 g/mol. The van der Waals surface area contributed by atoms with E-state index in [1.165, 1.54) is 0 Å². The number of nitro groups is 1. The number of hydrogen-bond donors (Lipinski definition) is 1. The van der Waals surface area contributed by atoms with Gasteiger partial charge in [0.15, 0.2) is 5.82 Å². The minimum atomic E-state index is -1.14. The van der Waals surface area contributed by atoms with Crippen molar-refractivity contribution in [1.29, 1.82) is 0 Å². The van der Waals surface area contributed by atoms with Gasteiger partial charge in [0.1, 0.15) is 6.42 Å². The number of carbonyl (C=O) groups excluding carboxylic acids is 1. The Labute approximate surface area is 108 Å². The van der Waals surface area contributed by atoms with E-state index in [0.29, 0.717) is 0 Å². The van der Waals surface area contributed by atoms with Gasteiger partial charge in [0.25, 0.3) is 0 Å². The number of carbonyl (C=O) groups is 1. The number of phenols is 1. The molecule has 0 unspecified atom stereocenters. The highest BCUT2D eigenvalue weighted by molar-refractivity contribution is 5.72. The molecule has 0 saturated heterocycles. The maximum absolute atomic E-state index is 13.2. The number of hydrogen-bond acceptors (Lipinski definition) is 5. The summed E-state index contributed by atoms with van der Waals surface area (Å²) in [7, 11) is 0. The second-order valence-corrected chi connectivity index (χ2v) is 3.37. The minimum Gasteiger partial charge on any atom is -0.500 e. The van der Waals surface area contributed by atoms with Gasteiger partial charge in [-0.15, -0.1) is 0 Å². The summed E-state index contributed by atoms with van der Waals surface area (Å²) >= 11 is 0. The van der Waals surface area contributed by atoms with Gasteiger partial charge in [0, 0.05) is 11.6 Å². The van der Waals surface area contributed by atoms with Crippen LogP contribution in [0, 0.1) is 27.8 Å². The van der Waals surface area contributed by atoms with E-state index in [0.717, 1.165) is 12.1 Å². The van der Waals surface area contributed by atoms with Crippen molar-refractivity contribution in [2.75, 3.05) is 6.61 Å². The van der Waals surface area contributed by atoms with Crippen LogP contribution in [-0.2, 0) is 9.53 Å². The Morgan fingerprint density at radius 3 is 2.84 bits per heavy atom. The third-order valence-electron chi connectivity index (χ3n) is 2.01. The van der Waals surface area contributed by atoms with Crippen LogP contribution in [0.4, 0.5) is 10.1 Å². The summed E-state index contributed by atoms with van der Waals surface area (Å²) in [4.78, 5) is 20.6. The number of phenolic OH excluding ortho intramolecular Hbond substituents is 1. The van der Waals surface area contributed by atoms with Crippen LogP contribution < -0.4 is 0 Å². The van der Waals surface area contributed by atoms with E-state index in [9.17, 15) is 19.3 Å². The quantitative estimate of drug-likeness (QED) is 0.390. The normalized spacial score (nSPS) is 9.37. The molecular formula is C12H10FNO5. The number of rotatable bonds is 3. The van der Waals surface area contributed by atoms with Crippen molar-refractivity contribution >= 4 is 11.7 Å². The Balaban J connectivity index is 2.94. The standard InChI is InChI=1S/C12H10FNO5/c1-2-19-11(15)5-3-4-8-6-9(13)12(16)10(7-8)14(17)18/h6-7,16H,2,5H2,1H3. The number of esters is 1. The third kappa shape index (κ3) is 3.96. The molecule has 1 rings (SSSR count). The van der Waals surface area contributed by atoms with Crippen molar-refractivity contribution in [2.45, 2.75) is 13.3 Å². The summed E-state index contributed by atoms with van der Waals surface area (Å²) in [6, 6.07) is 1.77. The number of nitrogens with zero attached hydrogens (tertiary/aromatic N) is 1. The molecule has 0 aliphatic heterocycles. The lowest BCUT2D eigenvalue weighted by Gasteiger charge is -1.98. The van der Waals surface area contributed by atoms with Gasteiger partial charge in [-0.2, -0.15) is 0 Å². The zero-order valence-corrected chi connectivity index (χ0v) is 9.97. The van der Waals surface area contributed by atoms with Crippen LogP contribution in [0.1, 0.15) is 18.9 Å². The predicted octanol–water partition coefficient (Wildman–Crippen LogP) is 1.74. The topological polar surface area (TPSA) is 89.7 Å². The number of benzene rings is 1. The fraction of sp³-hybridized carbons (Fsp3) is 0.250. The molecule has 0 fully saturated rings. The smallest absolute Gasteiger partial charge is 0.317 e. The SMILES string of the molecule is CCOC(=O)CC#Cc1cc(F)c(O)c([N+](=O)[O-])c1. The van der Waals surface area contributed by atoms with E-state index < -0.39 is 28.1 Å². The summed E-state index contributed by atoms with van der Waals surface area (Å²) < 4.78 is 17.8. The average molecular weight is 267 g/mol. The van der Waals surface area contributed by atoms with E-state index in [2.05, 4.69) is 16.6 Å². The maximum Gasteiger partial charge on any atom is 0.317 e. The highest BCUT2D eigenvalue weighted by atomic mass is 19.1. The van der Waals surface area contributed by atoms with Gasteiger partial charge in [0.2, 0.25) is 5.75 Å². The second-order valence-electron chi connectivity index (χ2n) is 3.37. The molecule has 100 valence electrons. The van der Waals surface area contributed by atoms with Crippen LogP contribution in [0.2, 0.25) is 0 Å². The largest absolute Gasteiger partial charge is 0.500 e. The molecule has 1 aromatic carbocycles. The summed E-state index contributed by atoms with van der Waals surface area (Å²) in [5, 5.41) is 19.7. The highest BCUT2D eigenvalue weighted by Gasteiger charge is 2.18. The Hall–Kier alpha value is -2.62. The first-order valence-electron chi connectivity index (χ1n) is 5.27. The Morgan fingerprint density at radius 1 is 1.58 bits per heavy atom. The summed E-state index contributed by atoms with van der Waals surface area (Å²) in [6.07, 6.45) is -0.204. The van der Waals surface area contributed by atoms with E-state index in [1.54, 1.807) is 6.92 Å². The van der Waals surface area contributed by atoms with Crippen molar-refractivity contribution in [3.8, 4) is 17.6 Å². The van der Waals surface area contributed by atoms with Gasteiger partial charge in [0.05, 0.1) is 11.5 Å². The van der Waals surface area contributed by atoms with Crippen molar-refractivity contribution in [3.05, 3.63) is 33.6 Å². The molecule has 0 radical (unpaired) electrons. The van der Waals surface area contributed by atoms with E-state index in [-0.39, 0.29) is 18.6 Å². The van der Waals surface area contributed by atoms with Gasteiger partial charge < -0.3 is 9.84 Å². The number of halogens is 1. The van der Waals surface area contributed by atoms with Crippen LogP contribution >= 0.6 is 0 Å². The molecule has 1 aromatic rings. The van der Waals surface area contributed by atoms with Gasteiger partial charge in [-0.3, -0.25) is 14.9 Å². The highest BCUT2D eigenvalue weighted by Crippen LogP contribution is 2.29. The van der Waals surface area contributed by atoms with Crippen molar-refractivity contribution in [1.82, 2.24) is 0 Å². The minimum absolute atomic E-state index is 0.00806. The van der Waals surface area contributed by atoms with Crippen molar-refractivity contribution in [2.24, 2.45) is 0 Å². The molecule has 7 heteroatoms. The van der Waals surface area contributed by atoms with Gasteiger partial charge in [-0.25, -0.2) is 4.39 Å². The number of ether oxygens (including phenoxy) is 1. The molecule has 0 aliphatic rings. The number of aromatic hydroxyl groups is 1. The van der Waals surface area contributed by atoms with Crippen molar-refractivity contribution < 1.29 is 24.0 Å². The molecule has 0 aromatic heterocycles. The maximum atomic E-state index is 13.2. The van der Waals surface area contributed by atoms with Crippen molar-refractivity contribution in [3.63, 3.8) is 0 Å². The van der Waals surface area contributed by atoms with E-state index >= 15 is 0 Å². The van der Waals surface area contributed by atoms with Crippen LogP contribution in [0.5, 0.6) is 5.75 Å². The fourth-order valence-corrected chi connectivity index (χ4v) is 1.23. The summed E-state index contributed by atoms with van der Waals surface area (Å²) in [6.45, 7) is 1.86. The van der Waals surface area contributed by atoms with Gasteiger partial charge in [-0.1, -0.05) is 11.8 Å². The monoisotopic (exact) mass is 267 g/mol. The first kappa shape index (κ1) is 14.4. The van der Waals surface area contributed by atoms with Gasteiger partial charge in [-0.05, 0) is 13.0 Å². The number of nitro benzene ring substituents is 1. The lowest BCUT2D eigenvalue weighted by atomic mass is 10.2. The van der Waals surface area contributed by atoms with E-state index in [1.807, 2.05) is 0 Å². The molecule has 0 bridgehead atoms. The molecule has 19 heavy (non-hydrogen) atoms. The first-order chi connectivity index (χ1) is 8.95. The van der Waals surface area contributed by atoms with Crippen LogP contribution in [0.3, 0.4) is 0 Å². The lowest BCUT2D eigenvalue weighted by molar-refractivity contribution is -0.386. The molecule has 6 nitrogen and oxygen atoms in total. The first-order valence-corrected chi connectivity index (χ1v) is 5.27. The molecule has 0 saturated carbocycles. The predicted molar refractivity (Wildman–Crippen MR) is 62.8 cm³/mol. The Kier molecular flexibility index (Phi) is 4.83. The van der Waals surface area contributed by atoms with Gasteiger partial charge >= 0.3 is 11.7 Å². The molecule has 0 atom stereocenters. The Morgan fingerprint density at radius 2 is 2.26 bits per heavy atom. The molecule has 0 amide bonds. The summed E-state index contributed by atoms with van der Waals surface area (Å²) in [5.74, 6) is 2.07. The van der Waals surface area contributed by atoms with E-state index in [4.69, 9.17) is 5.11 Å². The lowest BCUT2D eigenvalue weighted by Crippen LogP contribution is -2.01. The fourth-order valence-electron chi connectivity index (χ4n) is 1.23. The molecule has 1 N–H and O–H groups in total. The molecule has 0 aliphatic carbocycles. The Bertz CT molecular complexity index is 573. The third-order valence-corrected chi connectivity index (χ3v) is 2.01. The van der Waals surface area contributed by atoms with Crippen LogP contribution in [0.15, 0.2) is 12.1 Å².